The maximum Gasteiger partial charge on any atom is 0.266 e. The van der Waals surface area contributed by atoms with Crippen LogP contribution in [0.3, 0.4) is 0 Å². The van der Waals surface area contributed by atoms with Gasteiger partial charge >= 0.3 is 0 Å². The van der Waals surface area contributed by atoms with Gasteiger partial charge in [-0.2, -0.15) is 5.10 Å². The molecule has 1 aromatic carbocycles. The average Bonchev–Trinajstić information content (AvgIpc) is 3.17. The van der Waals surface area contributed by atoms with Gasteiger partial charge in [0, 0.05) is 19.2 Å². The first-order chi connectivity index (χ1) is 12.9. The molecule has 2 aromatic heterocycles. The summed E-state index contributed by atoms with van der Waals surface area (Å²) in [6.45, 7) is 0.446. The first-order valence-corrected chi connectivity index (χ1v) is 11.1. The van der Waals surface area contributed by atoms with Gasteiger partial charge in [0.1, 0.15) is 5.69 Å². The fraction of sp³-hybridized carbons (Fsp3) is 0.176. The second-order valence-corrected chi connectivity index (χ2v) is 9.11. The molecular weight excluding hydrogens is 429 g/mol. The fourth-order valence-corrected chi connectivity index (χ4v) is 4.48. The Labute approximate surface area is 170 Å². The molecular formula is C17H15Cl2N3O3S2. The minimum Gasteiger partial charge on any atom is -0.268 e. The standard InChI is InChI=1S/C17H15Cl2N3O3S2/c18-13-5-4-12(11-14(13)19)27(24,25)20-8-2-9-22-17(23)7-6-15(21-22)16-3-1-10-26-16/h1,3-7,10-11,20H,2,8-9H2. The van der Waals surface area contributed by atoms with Crippen LogP contribution in [-0.4, -0.2) is 24.7 Å². The van der Waals surface area contributed by atoms with E-state index in [0.717, 1.165) is 4.88 Å². The Morgan fingerprint density at radius 3 is 2.63 bits per heavy atom. The second-order valence-electron chi connectivity index (χ2n) is 5.58. The van der Waals surface area contributed by atoms with E-state index < -0.39 is 10.0 Å². The summed E-state index contributed by atoms with van der Waals surface area (Å²) >= 11 is 13.2. The smallest absolute Gasteiger partial charge is 0.266 e. The van der Waals surface area contributed by atoms with Crippen LogP contribution in [0.1, 0.15) is 6.42 Å². The van der Waals surface area contributed by atoms with Crippen molar-refractivity contribution >= 4 is 44.6 Å². The van der Waals surface area contributed by atoms with Gasteiger partial charge in [0.05, 0.1) is 19.8 Å². The maximum atomic E-state index is 12.3. The first kappa shape index (κ1) is 20.0. The predicted molar refractivity (Wildman–Crippen MR) is 108 cm³/mol. The van der Waals surface area contributed by atoms with Gasteiger partial charge in [-0.25, -0.2) is 17.8 Å². The van der Waals surface area contributed by atoms with Crippen LogP contribution in [-0.2, 0) is 16.6 Å². The van der Waals surface area contributed by atoms with Crippen molar-refractivity contribution in [1.29, 1.82) is 0 Å². The molecule has 0 saturated carbocycles. The molecule has 1 N–H and O–H groups in total. The summed E-state index contributed by atoms with van der Waals surface area (Å²) in [5.74, 6) is 0. The fourth-order valence-electron chi connectivity index (χ4n) is 2.33. The Hall–Kier alpha value is -1.71. The summed E-state index contributed by atoms with van der Waals surface area (Å²) < 4.78 is 28.4. The predicted octanol–water partition coefficient (Wildman–Crippen LogP) is 3.65. The van der Waals surface area contributed by atoms with Gasteiger partial charge in [-0.3, -0.25) is 4.79 Å². The molecule has 142 valence electrons. The molecule has 0 radical (unpaired) electrons. The number of sulfonamides is 1. The van der Waals surface area contributed by atoms with Crippen molar-refractivity contribution in [3.05, 3.63) is 68.2 Å². The molecule has 3 aromatic rings. The van der Waals surface area contributed by atoms with Crippen molar-refractivity contribution < 1.29 is 8.42 Å². The molecule has 27 heavy (non-hydrogen) atoms. The molecule has 0 aliphatic rings. The van der Waals surface area contributed by atoms with Crippen LogP contribution in [0.15, 0.2) is 57.5 Å². The van der Waals surface area contributed by atoms with Crippen LogP contribution < -0.4 is 10.3 Å². The quantitative estimate of drug-likeness (QED) is 0.565. The van der Waals surface area contributed by atoms with Gasteiger partial charge in [-0.15, -0.1) is 11.3 Å². The Balaban J connectivity index is 1.62. The minimum atomic E-state index is -3.71. The molecule has 0 spiro atoms. The lowest BCUT2D eigenvalue weighted by Crippen LogP contribution is -2.28. The van der Waals surface area contributed by atoms with E-state index >= 15 is 0 Å². The van der Waals surface area contributed by atoms with Crippen LogP contribution in [0.2, 0.25) is 10.0 Å². The number of hydrogen-bond acceptors (Lipinski definition) is 5. The largest absolute Gasteiger partial charge is 0.268 e. The molecule has 0 fully saturated rings. The van der Waals surface area contributed by atoms with Crippen LogP contribution in [0, 0.1) is 0 Å². The van der Waals surface area contributed by atoms with E-state index in [1.807, 2.05) is 17.5 Å². The van der Waals surface area contributed by atoms with Crippen molar-refractivity contribution in [2.24, 2.45) is 0 Å². The number of halogens is 2. The number of aryl methyl sites for hydroxylation is 1. The summed E-state index contributed by atoms with van der Waals surface area (Å²) in [5.41, 5.74) is 0.476. The van der Waals surface area contributed by atoms with Crippen molar-refractivity contribution in [3.63, 3.8) is 0 Å². The van der Waals surface area contributed by atoms with E-state index in [-0.39, 0.29) is 27.0 Å². The summed E-state index contributed by atoms with van der Waals surface area (Å²) in [6, 6.07) is 11.1. The molecule has 0 aliphatic carbocycles. The molecule has 0 bridgehead atoms. The molecule has 3 rings (SSSR count). The zero-order valence-electron chi connectivity index (χ0n) is 13.9. The highest BCUT2D eigenvalue weighted by Gasteiger charge is 2.15. The van der Waals surface area contributed by atoms with E-state index in [0.29, 0.717) is 18.7 Å². The van der Waals surface area contributed by atoms with Gasteiger partial charge in [-0.05, 0) is 42.1 Å². The minimum absolute atomic E-state index is 0.0342. The van der Waals surface area contributed by atoms with Crippen LogP contribution in [0.5, 0.6) is 0 Å². The van der Waals surface area contributed by atoms with Crippen LogP contribution >= 0.6 is 34.5 Å². The first-order valence-electron chi connectivity index (χ1n) is 7.93. The Morgan fingerprint density at radius 1 is 1.11 bits per heavy atom. The highest BCUT2D eigenvalue weighted by Crippen LogP contribution is 2.24. The highest BCUT2D eigenvalue weighted by molar-refractivity contribution is 7.89. The van der Waals surface area contributed by atoms with Gasteiger partial charge in [-0.1, -0.05) is 29.3 Å². The molecule has 0 unspecified atom stereocenters. The van der Waals surface area contributed by atoms with E-state index in [1.165, 1.54) is 40.3 Å². The normalized spacial score (nSPS) is 11.6. The number of hydrogen-bond donors (Lipinski definition) is 1. The van der Waals surface area contributed by atoms with Gasteiger partial charge in [0.25, 0.3) is 5.56 Å². The monoisotopic (exact) mass is 443 g/mol. The number of thiophene rings is 1. The molecule has 2 heterocycles. The summed E-state index contributed by atoms with van der Waals surface area (Å²) in [4.78, 5) is 13.0. The van der Waals surface area contributed by atoms with E-state index in [4.69, 9.17) is 23.2 Å². The molecule has 0 amide bonds. The number of aromatic nitrogens is 2. The van der Waals surface area contributed by atoms with E-state index in [1.54, 1.807) is 6.07 Å². The second kappa shape index (κ2) is 8.53. The Bertz CT molecular complexity index is 1100. The summed E-state index contributed by atoms with van der Waals surface area (Å²) in [6.07, 6.45) is 0.404. The van der Waals surface area contributed by atoms with Crippen LogP contribution in [0.25, 0.3) is 10.6 Å². The van der Waals surface area contributed by atoms with E-state index in [2.05, 4.69) is 9.82 Å². The van der Waals surface area contributed by atoms with Crippen molar-refractivity contribution in [1.82, 2.24) is 14.5 Å². The van der Waals surface area contributed by atoms with E-state index in [9.17, 15) is 13.2 Å². The van der Waals surface area contributed by atoms with Gasteiger partial charge < -0.3 is 0 Å². The van der Waals surface area contributed by atoms with Gasteiger partial charge in [0.15, 0.2) is 0 Å². The summed E-state index contributed by atoms with van der Waals surface area (Å²) in [7, 11) is -3.71. The lowest BCUT2D eigenvalue weighted by molar-refractivity contribution is 0.537. The summed E-state index contributed by atoms with van der Waals surface area (Å²) in [5, 5.41) is 6.72. The topological polar surface area (TPSA) is 81.1 Å². The molecule has 0 atom stereocenters. The maximum absolute atomic E-state index is 12.3. The molecule has 0 aliphatic heterocycles. The lowest BCUT2D eigenvalue weighted by atomic mass is 10.3. The zero-order valence-corrected chi connectivity index (χ0v) is 17.1. The molecule has 6 nitrogen and oxygen atoms in total. The number of rotatable bonds is 7. The number of nitrogens with zero attached hydrogens (tertiary/aromatic N) is 2. The SMILES string of the molecule is O=c1ccc(-c2cccs2)nn1CCCNS(=O)(=O)c1ccc(Cl)c(Cl)c1. The number of benzene rings is 1. The average molecular weight is 444 g/mol. The third-order valence-electron chi connectivity index (χ3n) is 3.68. The van der Waals surface area contributed by atoms with Crippen molar-refractivity contribution in [2.75, 3.05) is 6.54 Å². The highest BCUT2D eigenvalue weighted by atomic mass is 35.5. The number of nitrogens with one attached hydrogen (secondary N) is 1. The zero-order chi connectivity index (χ0) is 19.4. The Morgan fingerprint density at radius 2 is 1.93 bits per heavy atom. The van der Waals surface area contributed by atoms with Crippen molar-refractivity contribution in [2.45, 2.75) is 17.9 Å². The molecule has 10 heteroatoms. The lowest BCUT2D eigenvalue weighted by Gasteiger charge is -2.09. The van der Waals surface area contributed by atoms with Crippen LogP contribution in [0.4, 0.5) is 0 Å². The third kappa shape index (κ3) is 4.97. The molecule has 0 saturated heterocycles. The third-order valence-corrected chi connectivity index (χ3v) is 6.77. The van der Waals surface area contributed by atoms with Crippen molar-refractivity contribution in [3.8, 4) is 10.6 Å². The van der Waals surface area contributed by atoms with Gasteiger partial charge in [0.2, 0.25) is 10.0 Å². The Kier molecular flexibility index (Phi) is 6.33.